The Morgan fingerprint density at radius 2 is 1.92 bits per heavy atom. The van der Waals surface area contributed by atoms with Crippen LogP contribution >= 0.6 is 12.4 Å². The maximum absolute atomic E-state index is 12.3. The SMILES string of the molecule is CN(Cc1ccc(OC(F)F)cc1)C(=O)CC1CCCCC1N.Cl. The van der Waals surface area contributed by atoms with Crippen molar-refractivity contribution < 1.29 is 18.3 Å². The number of alkyl halides is 2. The van der Waals surface area contributed by atoms with Gasteiger partial charge in [0.1, 0.15) is 5.75 Å². The zero-order valence-corrected chi connectivity index (χ0v) is 14.6. The van der Waals surface area contributed by atoms with Crippen molar-refractivity contribution in [3.05, 3.63) is 29.8 Å². The average molecular weight is 363 g/mol. The molecule has 2 unspecified atom stereocenters. The van der Waals surface area contributed by atoms with Gasteiger partial charge >= 0.3 is 6.61 Å². The van der Waals surface area contributed by atoms with Gasteiger partial charge in [-0.05, 0) is 36.5 Å². The van der Waals surface area contributed by atoms with Gasteiger partial charge in [-0.3, -0.25) is 4.79 Å². The second-order valence-electron chi connectivity index (χ2n) is 6.18. The summed E-state index contributed by atoms with van der Waals surface area (Å²) in [6, 6.07) is 6.46. The molecule has 0 saturated heterocycles. The quantitative estimate of drug-likeness (QED) is 0.841. The maximum Gasteiger partial charge on any atom is 0.387 e. The number of nitrogens with two attached hydrogens (primary N) is 1. The smallest absolute Gasteiger partial charge is 0.387 e. The third-order valence-electron chi connectivity index (χ3n) is 4.40. The normalized spacial score (nSPS) is 20.4. The van der Waals surface area contributed by atoms with Crippen molar-refractivity contribution >= 4 is 18.3 Å². The highest BCUT2D eigenvalue weighted by atomic mass is 35.5. The number of benzene rings is 1. The summed E-state index contributed by atoms with van der Waals surface area (Å²) in [5.74, 6) is 0.451. The van der Waals surface area contributed by atoms with Crippen LogP contribution in [0.2, 0.25) is 0 Å². The fourth-order valence-electron chi connectivity index (χ4n) is 3.01. The molecular weight excluding hydrogens is 338 g/mol. The summed E-state index contributed by atoms with van der Waals surface area (Å²) in [6.07, 6.45) is 4.77. The second kappa shape index (κ2) is 9.79. The minimum absolute atomic E-state index is 0. The third kappa shape index (κ3) is 6.24. The molecule has 1 aliphatic rings. The number of rotatable bonds is 6. The summed E-state index contributed by atoms with van der Waals surface area (Å²) in [7, 11) is 1.75. The van der Waals surface area contributed by atoms with Crippen LogP contribution in [0.3, 0.4) is 0 Å². The summed E-state index contributed by atoms with van der Waals surface area (Å²) in [6.45, 7) is -2.39. The minimum Gasteiger partial charge on any atom is -0.435 e. The molecule has 24 heavy (non-hydrogen) atoms. The molecule has 1 amide bonds. The Kier molecular flexibility index (Phi) is 8.42. The van der Waals surface area contributed by atoms with E-state index >= 15 is 0 Å². The lowest BCUT2D eigenvalue weighted by Crippen LogP contribution is -2.37. The zero-order chi connectivity index (χ0) is 16.8. The molecule has 0 aliphatic heterocycles. The van der Waals surface area contributed by atoms with Crippen LogP contribution in [0.25, 0.3) is 0 Å². The van der Waals surface area contributed by atoms with Crippen LogP contribution in [0.1, 0.15) is 37.7 Å². The predicted molar refractivity (Wildman–Crippen MR) is 91.3 cm³/mol. The molecule has 0 aromatic heterocycles. The summed E-state index contributed by atoms with van der Waals surface area (Å²) in [5, 5.41) is 0. The van der Waals surface area contributed by atoms with Gasteiger partial charge in [0.05, 0.1) is 0 Å². The first kappa shape index (κ1) is 20.6. The van der Waals surface area contributed by atoms with E-state index < -0.39 is 6.61 Å². The Morgan fingerprint density at radius 1 is 1.29 bits per heavy atom. The number of hydrogen-bond acceptors (Lipinski definition) is 3. The maximum atomic E-state index is 12.3. The largest absolute Gasteiger partial charge is 0.435 e. The molecule has 0 spiro atoms. The number of nitrogens with zero attached hydrogens (tertiary/aromatic N) is 1. The molecule has 0 bridgehead atoms. The van der Waals surface area contributed by atoms with Gasteiger partial charge in [-0.2, -0.15) is 8.78 Å². The van der Waals surface area contributed by atoms with Gasteiger partial charge in [0.15, 0.2) is 0 Å². The van der Waals surface area contributed by atoms with Gasteiger partial charge in [-0.25, -0.2) is 0 Å². The van der Waals surface area contributed by atoms with E-state index in [2.05, 4.69) is 4.74 Å². The predicted octanol–water partition coefficient (Wildman–Crippen LogP) is 3.58. The van der Waals surface area contributed by atoms with Gasteiger partial charge in [-0.1, -0.05) is 25.0 Å². The van der Waals surface area contributed by atoms with Crippen LogP contribution < -0.4 is 10.5 Å². The number of halogens is 3. The fraction of sp³-hybridized carbons (Fsp3) is 0.588. The van der Waals surface area contributed by atoms with Crippen LogP contribution in [0.15, 0.2) is 24.3 Å². The molecule has 2 atom stereocenters. The molecule has 1 aromatic rings. The van der Waals surface area contributed by atoms with E-state index in [4.69, 9.17) is 5.73 Å². The van der Waals surface area contributed by atoms with Crippen molar-refractivity contribution in [3.8, 4) is 5.75 Å². The van der Waals surface area contributed by atoms with Gasteiger partial charge in [-0.15, -0.1) is 12.4 Å². The minimum atomic E-state index is -2.83. The monoisotopic (exact) mass is 362 g/mol. The van der Waals surface area contributed by atoms with Crippen molar-refractivity contribution in [3.63, 3.8) is 0 Å². The van der Waals surface area contributed by atoms with E-state index in [1.807, 2.05) is 0 Å². The van der Waals surface area contributed by atoms with E-state index in [9.17, 15) is 13.6 Å². The average Bonchev–Trinajstić information content (AvgIpc) is 2.51. The van der Waals surface area contributed by atoms with E-state index in [1.54, 1.807) is 24.1 Å². The van der Waals surface area contributed by atoms with Gasteiger partial charge in [0.2, 0.25) is 5.91 Å². The summed E-state index contributed by atoms with van der Waals surface area (Å²) >= 11 is 0. The Balaban J connectivity index is 0.00000288. The number of carbonyl (C=O) groups is 1. The number of carbonyl (C=O) groups excluding carboxylic acids is 1. The van der Waals surface area contributed by atoms with Gasteiger partial charge in [0, 0.05) is 26.1 Å². The lowest BCUT2D eigenvalue weighted by Gasteiger charge is -2.29. The highest BCUT2D eigenvalue weighted by Crippen LogP contribution is 2.26. The lowest BCUT2D eigenvalue weighted by molar-refractivity contribution is -0.131. The Labute approximate surface area is 147 Å². The summed E-state index contributed by atoms with van der Waals surface area (Å²) < 4.78 is 28.5. The van der Waals surface area contributed by atoms with Crippen LogP contribution in [0, 0.1) is 5.92 Å². The number of ether oxygens (including phenoxy) is 1. The summed E-state index contributed by atoms with van der Waals surface area (Å²) in [4.78, 5) is 14.0. The van der Waals surface area contributed by atoms with Crippen LogP contribution in [-0.2, 0) is 11.3 Å². The summed E-state index contributed by atoms with van der Waals surface area (Å²) in [5.41, 5.74) is 6.96. The Morgan fingerprint density at radius 3 is 2.50 bits per heavy atom. The zero-order valence-electron chi connectivity index (χ0n) is 13.8. The molecule has 1 aliphatic carbocycles. The second-order valence-corrected chi connectivity index (χ2v) is 6.18. The Hall–Kier alpha value is -1.40. The number of amides is 1. The molecule has 7 heteroatoms. The molecule has 1 aromatic carbocycles. The molecule has 136 valence electrons. The topological polar surface area (TPSA) is 55.6 Å². The molecule has 1 saturated carbocycles. The molecule has 2 rings (SSSR count). The van der Waals surface area contributed by atoms with Crippen molar-refractivity contribution in [2.45, 2.75) is 51.3 Å². The fourth-order valence-corrected chi connectivity index (χ4v) is 3.01. The lowest BCUT2D eigenvalue weighted by atomic mass is 9.83. The molecular formula is C17H25ClF2N2O2. The van der Waals surface area contributed by atoms with Gasteiger partial charge < -0.3 is 15.4 Å². The van der Waals surface area contributed by atoms with Crippen molar-refractivity contribution in [1.82, 2.24) is 4.90 Å². The van der Waals surface area contributed by atoms with E-state index in [1.165, 1.54) is 12.1 Å². The van der Waals surface area contributed by atoms with Crippen molar-refractivity contribution in [2.24, 2.45) is 11.7 Å². The van der Waals surface area contributed by atoms with Crippen molar-refractivity contribution in [1.29, 1.82) is 0 Å². The highest BCUT2D eigenvalue weighted by Gasteiger charge is 2.25. The first-order valence-corrected chi connectivity index (χ1v) is 7.99. The van der Waals surface area contributed by atoms with E-state index in [-0.39, 0.29) is 36.0 Å². The molecule has 2 N–H and O–H groups in total. The Bertz CT molecular complexity index is 514. The molecule has 4 nitrogen and oxygen atoms in total. The van der Waals surface area contributed by atoms with Crippen LogP contribution in [0.5, 0.6) is 5.75 Å². The molecule has 0 heterocycles. The first-order valence-electron chi connectivity index (χ1n) is 7.99. The highest BCUT2D eigenvalue weighted by molar-refractivity contribution is 5.85. The van der Waals surface area contributed by atoms with Crippen molar-refractivity contribution in [2.75, 3.05) is 7.05 Å². The third-order valence-corrected chi connectivity index (χ3v) is 4.40. The van der Waals surface area contributed by atoms with E-state index in [0.29, 0.717) is 13.0 Å². The van der Waals surface area contributed by atoms with Crippen LogP contribution in [0.4, 0.5) is 8.78 Å². The number of hydrogen-bond donors (Lipinski definition) is 1. The van der Waals surface area contributed by atoms with Gasteiger partial charge in [0.25, 0.3) is 0 Å². The molecule has 1 fully saturated rings. The standard InChI is InChI=1S/C17H24F2N2O2.ClH/c1-21(16(22)10-13-4-2-3-5-15(13)20)11-12-6-8-14(9-7-12)23-17(18)19;/h6-9,13,15,17H,2-5,10-11,20H2,1H3;1H. The first-order chi connectivity index (χ1) is 11.0. The van der Waals surface area contributed by atoms with Crippen LogP contribution in [-0.4, -0.2) is 30.5 Å². The molecule has 0 radical (unpaired) electrons. The van der Waals surface area contributed by atoms with E-state index in [0.717, 1.165) is 31.2 Å².